The summed E-state index contributed by atoms with van der Waals surface area (Å²) < 4.78 is 0. The third-order valence-corrected chi connectivity index (χ3v) is 2.89. The Bertz CT molecular complexity index is 604. The third kappa shape index (κ3) is 2.94. The molecule has 0 unspecified atom stereocenters. The molecule has 0 N–H and O–H groups in total. The minimum Gasteiger partial charge on any atom is -0.283 e. The molecular formula is C16H17N3. The lowest BCUT2D eigenvalue weighted by Gasteiger charge is -2.12. The smallest absolute Gasteiger partial charge is 0.0845 e. The highest BCUT2D eigenvalue weighted by molar-refractivity contribution is 6.41. The van der Waals surface area contributed by atoms with Crippen LogP contribution in [-0.4, -0.2) is 25.2 Å². The van der Waals surface area contributed by atoms with Gasteiger partial charge in [-0.1, -0.05) is 24.3 Å². The molecule has 0 atom stereocenters. The lowest BCUT2D eigenvalue weighted by molar-refractivity contribution is 1.13. The highest BCUT2D eigenvalue weighted by Crippen LogP contribution is 2.24. The first kappa shape index (κ1) is 13.1. The average Bonchev–Trinajstić information content (AvgIpc) is 2.42. The molecule has 1 heterocycles. The molecule has 1 aliphatic rings. The molecule has 0 spiro atoms. The molecule has 19 heavy (non-hydrogen) atoms. The van der Waals surface area contributed by atoms with Crippen LogP contribution in [0.1, 0.15) is 18.1 Å². The summed E-state index contributed by atoms with van der Waals surface area (Å²) in [4.78, 5) is 12.7. The molecule has 1 aromatic rings. The fraction of sp³-hybridized carbons (Fsp3) is 0.188. The van der Waals surface area contributed by atoms with Crippen LogP contribution in [0.4, 0.5) is 0 Å². The van der Waals surface area contributed by atoms with E-state index in [4.69, 9.17) is 0 Å². The minimum atomic E-state index is 0.726. The van der Waals surface area contributed by atoms with E-state index in [1.54, 1.807) is 12.4 Å². The van der Waals surface area contributed by atoms with Gasteiger partial charge < -0.3 is 0 Å². The number of nitrogens with zero attached hydrogens (tertiary/aromatic N) is 3. The van der Waals surface area contributed by atoms with Gasteiger partial charge in [0.2, 0.25) is 0 Å². The maximum atomic E-state index is 4.50. The van der Waals surface area contributed by atoms with E-state index < -0.39 is 0 Å². The normalized spacial score (nSPS) is 18.7. The van der Waals surface area contributed by atoms with Crippen molar-refractivity contribution in [2.24, 2.45) is 15.0 Å². The second-order valence-corrected chi connectivity index (χ2v) is 4.23. The molecule has 0 aliphatic carbocycles. The number of rotatable bonds is 3. The zero-order valence-electron chi connectivity index (χ0n) is 11.3. The van der Waals surface area contributed by atoms with Gasteiger partial charge in [0.25, 0.3) is 0 Å². The summed E-state index contributed by atoms with van der Waals surface area (Å²) in [5, 5.41) is 0. The number of hydrogen-bond acceptors (Lipinski definition) is 3. The maximum absolute atomic E-state index is 4.50. The van der Waals surface area contributed by atoms with Crippen LogP contribution in [0.25, 0.3) is 5.70 Å². The van der Waals surface area contributed by atoms with Crippen LogP contribution in [0.15, 0.2) is 57.1 Å². The fourth-order valence-corrected chi connectivity index (χ4v) is 1.98. The number of benzene rings is 1. The predicted molar refractivity (Wildman–Crippen MR) is 83.3 cm³/mol. The third-order valence-electron chi connectivity index (χ3n) is 2.89. The lowest BCUT2D eigenvalue weighted by Crippen LogP contribution is -2.09. The van der Waals surface area contributed by atoms with Crippen LogP contribution in [0.5, 0.6) is 0 Å². The molecule has 0 amide bonds. The monoisotopic (exact) mass is 251 g/mol. The van der Waals surface area contributed by atoms with Crippen molar-refractivity contribution in [3.8, 4) is 0 Å². The van der Waals surface area contributed by atoms with Crippen LogP contribution < -0.4 is 0 Å². The van der Waals surface area contributed by atoms with Gasteiger partial charge in [-0.25, -0.2) is 0 Å². The van der Waals surface area contributed by atoms with Crippen LogP contribution in [0.2, 0.25) is 0 Å². The van der Waals surface area contributed by atoms with Crippen molar-refractivity contribution in [1.82, 2.24) is 0 Å². The maximum Gasteiger partial charge on any atom is 0.0845 e. The number of allylic oxidation sites excluding steroid dienone is 2. The van der Waals surface area contributed by atoms with E-state index in [0.29, 0.717) is 0 Å². The Balaban J connectivity index is 2.46. The fourth-order valence-electron chi connectivity index (χ4n) is 1.98. The molecule has 0 radical (unpaired) electrons. The minimum absolute atomic E-state index is 0.726. The highest BCUT2D eigenvalue weighted by Gasteiger charge is 2.12. The zero-order chi connectivity index (χ0) is 13.7. The largest absolute Gasteiger partial charge is 0.283 e. The van der Waals surface area contributed by atoms with E-state index in [0.717, 1.165) is 29.1 Å². The van der Waals surface area contributed by atoms with Gasteiger partial charge in [-0.2, -0.15) is 0 Å². The predicted octanol–water partition coefficient (Wildman–Crippen LogP) is 3.47. The van der Waals surface area contributed by atoms with Gasteiger partial charge in [-0.15, -0.1) is 0 Å². The second-order valence-electron chi connectivity index (χ2n) is 4.23. The van der Waals surface area contributed by atoms with E-state index in [2.05, 4.69) is 40.8 Å². The van der Waals surface area contributed by atoms with Gasteiger partial charge in [0, 0.05) is 23.9 Å². The Morgan fingerprint density at radius 1 is 1.32 bits per heavy atom. The van der Waals surface area contributed by atoms with Crippen LogP contribution in [0.3, 0.4) is 0 Å². The van der Waals surface area contributed by atoms with E-state index in [1.165, 1.54) is 5.56 Å². The van der Waals surface area contributed by atoms with Crippen molar-refractivity contribution in [2.75, 3.05) is 6.54 Å². The quantitative estimate of drug-likeness (QED) is 0.738. The first-order chi connectivity index (χ1) is 9.26. The molecule has 0 saturated heterocycles. The molecule has 0 bridgehead atoms. The van der Waals surface area contributed by atoms with E-state index in [1.807, 2.05) is 25.1 Å². The molecule has 96 valence electrons. The Hall–Kier alpha value is -2.29. The Morgan fingerprint density at radius 3 is 2.79 bits per heavy atom. The summed E-state index contributed by atoms with van der Waals surface area (Å²) in [6.45, 7) is 8.32. The number of hydrogen-bond donors (Lipinski definition) is 0. The first-order valence-electron chi connectivity index (χ1n) is 6.29. The zero-order valence-corrected chi connectivity index (χ0v) is 11.3. The topological polar surface area (TPSA) is 37.1 Å². The van der Waals surface area contributed by atoms with Crippen LogP contribution in [0, 0.1) is 6.92 Å². The van der Waals surface area contributed by atoms with Gasteiger partial charge in [0.15, 0.2) is 0 Å². The van der Waals surface area contributed by atoms with Crippen molar-refractivity contribution in [3.05, 3.63) is 53.2 Å². The summed E-state index contributed by atoms with van der Waals surface area (Å²) >= 11 is 0. The van der Waals surface area contributed by atoms with Crippen LogP contribution >= 0.6 is 0 Å². The SMILES string of the molecule is C=N/C=C1/C=C(c2ccccc2C)N=CC1=NCC. The van der Waals surface area contributed by atoms with Crippen molar-refractivity contribution in [3.63, 3.8) is 0 Å². The summed E-state index contributed by atoms with van der Waals surface area (Å²) in [5.74, 6) is 0. The first-order valence-corrected chi connectivity index (χ1v) is 6.29. The molecule has 3 nitrogen and oxygen atoms in total. The van der Waals surface area contributed by atoms with Crippen molar-refractivity contribution < 1.29 is 0 Å². The summed E-state index contributed by atoms with van der Waals surface area (Å²) in [6, 6.07) is 8.19. The second kappa shape index (κ2) is 6.05. The summed E-state index contributed by atoms with van der Waals surface area (Å²) in [6.07, 6.45) is 5.52. The summed E-state index contributed by atoms with van der Waals surface area (Å²) in [5.41, 5.74) is 5.07. The van der Waals surface area contributed by atoms with Gasteiger partial charge in [-0.3, -0.25) is 15.0 Å². The average molecular weight is 251 g/mol. The highest BCUT2D eigenvalue weighted by atomic mass is 14.8. The molecule has 3 heteroatoms. The molecule has 0 aromatic heterocycles. The standard InChI is InChI=1S/C16H17N3/c1-4-18-16-11-19-15(9-13(16)10-17-3)14-8-6-5-7-12(14)2/h5-11H,3-4H2,1-2H3/b13-10-,18-16?. The van der Waals surface area contributed by atoms with Crippen LogP contribution in [-0.2, 0) is 0 Å². The Kier molecular flexibility index (Phi) is 4.18. The molecular weight excluding hydrogens is 234 g/mol. The number of aryl methyl sites for hydroxylation is 1. The molecule has 1 aromatic carbocycles. The van der Waals surface area contributed by atoms with Crippen molar-refractivity contribution in [2.45, 2.75) is 13.8 Å². The lowest BCUT2D eigenvalue weighted by atomic mass is 10.0. The van der Waals surface area contributed by atoms with E-state index in [-0.39, 0.29) is 0 Å². The Morgan fingerprint density at radius 2 is 2.11 bits per heavy atom. The number of aliphatic imine (C=N–C) groups is 3. The molecule has 2 rings (SSSR count). The molecule has 0 fully saturated rings. The van der Waals surface area contributed by atoms with Gasteiger partial charge in [-0.05, 0) is 32.2 Å². The van der Waals surface area contributed by atoms with Gasteiger partial charge >= 0.3 is 0 Å². The van der Waals surface area contributed by atoms with E-state index >= 15 is 0 Å². The summed E-state index contributed by atoms with van der Waals surface area (Å²) in [7, 11) is 0. The van der Waals surface area contributed by atoms with Crippen molar-refractivity contribution >= 4 is 24.3 Å². The Labute approximate surface area is 113 Å². The molecule has 0 saturated carbocycles. The molecule has 1 aliphatic heterocycles. The van der Waals surface area contributed by atoms with E-state index in [9.17, 15) is 0 Å². The van der Waals surface area contributed by atoms with Crippen molar-refractivity contribution in [1.29, 1.82) is 0 Å². The van der Waals surface area contributed by atoms with Gasteiger partial charge in [0.05, 0.1) is 17.6 Å². The van der Waals surface area contributed by atoms with Gasteiger partial charge in [0.1, 0.15) is 0 Å².